The minimum atomic E-state index is -0.647. The van der Waals surface area contributed by atoms with E-state index in [2.05, 4.69) is 24.4 Å². The second-order valence-electron chi connectivity index (χ2n) is 5.50. The van der Waals surface area contributed by atoms with Crippen LogP contribution in [-0.4, -0.2) is 38.6 Å². The van der Waals surface area contributed by atoms with E-state index in [1.807, 2.05) is 24.3 Å². The Labute approximate surface area is 143 Å². The number of hydrogen-bond donors (Lipinski definition) is 2. The second kappa shape index (κ2) is 9.15. The van der Waals surface area contributed by atoms with Crippen LogP contribution in [-0.2, 0) is 0 Å². The average molecular weight is 331 g/mol. The lowest BCUT2D eigenvalue weighted by atomic mass is 10.1. The van der Waals surface area contributed by atoms with Gasteiger partial charge in [-0.05, 0) is 24.6 Å². The van der Waals surface area contributed by atoms with Crippen LogP contribution < -0.4 is 19.5 Å². The first-order valence-electron chi connectivity index (χ1n) is 7.96. The zero-order chi connectivity index (χ0) is 17.4. The van der Waals surface area contributed by atoms with Crippen LogP contribution in [0, 0.1) is 0 Å². The number of hydrogen-bond acceptors (Lipinski definition) is 5. The third-order valence-corrected chi connectivity index (χ3v) is 3.76. The Morgan fingerprint density at radius 3 is 2.17 bits per heavy atom. The molecule has 0 saturated carbocycles. The van der Waals surface area contributed by atoms with Crippen molar-refractivity contribution in [2.75, 3.05) is 27.4 Å². The van der Waals surface area contributed by atoms with Gasteiger partial charge in [-0.3, -0.25) is 0 Å². The van der Waals surface area contributed by atoms with E-state index in [4.69, 9.17) is 14.2 Å². The van der Waals surface area contributed by atoms with Gasteiger partial charge in [-0.15, -0.1) is 0 Å². The van der Waals surface area contributed by atoms with Crippen molar-refractivity contribution in [3.8, 4) is 17.2 Å². The van der Waals surface area contributed by atoms with Gasteiger partial charge in [0.2, 0.25) is 5.75 Å². The molecule has 0 aliphatic rings. The number of methoxy groups -OCH3 is 2. The largest absolute Gasteiger partial charge is 0.493 e. The van der Waals surface area contributed by atoms with Crippen LogP contribution in [0.25, 0.3) is 0 Å². The Hall–Kier alpha value is -2.24. The molecule has 130 valence electrons. The van der Waals surface area contributed by atoms with Crippen molar-refractivity contribution in [1.29, 1.82) is 0 Å². The van der Waals surface area contributed by atoms with E-state index in [-0.39, 0.29) is 12.6 Å². The summed E-state index contributed by atoms with van der Waals surface area (Å²) >= 11 is 0. The maximum atomic E-state index is 10.2. The van der Waals surface area contributed by atoms with E-state index in [1.165, 1.54) is 5.56 Å². The quantitative estimate of drug-likeness (QED) is 0.740. The number of aliphatic hydroxyl groups is 1. The summed E-state index contributed by atoms with van der Waals surface area (Å²) in [6.07, 6.45) is -0.647. The summed E-state index contributed by atoms with van der Waals surface area (Å²) in [6.45, 7) is 2.63. The van der Waals surface area contributed by atoms with Crippen LogP contribution in [0.2, 0.25) is 0 Å². The predicted molar refractivity (Wildman–Crippen MR) is 93.9 cm³/mol. The fourth-order valence-corrected chi connectivity index (χ4v) is 2.37. The van der Waals surface area contributed by atoms with Crippen molar-refractivity contribution in [3.05, 3.63) is 54.1 Å². The lowest BCUT2D eigenvalue weighted by Gasteiger charge is -2.19. The monoisotopic (exact) mass is 331 g/mol. The lowest BCUT2D eigenvalue weighted by Crippen LogP contribution is -2.33. The number of rotatable bonds is 9. The van der Waals surface area contributed by atoms with Gasteiger partial charge in [0.15, 0.2) is 11.5 Å². The van der Waals surface area contributed by atoms with E-state index < -0.39 is 6.10 Å². The van der Waals surface area contributed by atoms with Crippen LogP contribution in [0.15, 0.2) is 48.5 Å². The number of nitrogens with one attached hydrogen (secondary N) is 1. The molecule has 0 aliphatic heterocycles. The third-order valence-electron chi connectivity index (χ3n) is 3.76. The average Bonchev–Trinajstić information content (AvgIpc) is 2.64. The molecule has 0 aliphatic carbocycles. The first-order valence-corrected chi connectivity index (χ1v) is 7.96. The molecular formula is C19H25NO4. The highest BCUT2D eigenvalue weighted by atomic mass is 16.5. The van der Waals surface area contributed by atoms with Crippen LogP contribution in [0.4, 0.5) is 0 Å². The SMILES string of the molecule is COc1cccc(OC)c1OC[C@H](O)CN[C@H](C)c1ccccc1. The third kappa shape index (κ3) is 4.88. The van der Waals surface area contributed by atoms with E-state index in [0.29, 0.717) is 23.8 Å². The zero-order valence-corrected chi connectivity index (χ0v) is 14.4. The Balaban J connectivity index is 1.86. The Kier molecular flexibility index (Phi) is 6.90. The Morgan fingerprint density at radius 2 is 1.58 bits per heavy atom. The minimum Gasteiger partial charge on any atom is -0.493 e. The van der Waals surface area contributed by atoms with Gasteiger partial charge >= 0.3 is 0 Å². The van der Waals surface area contributed by atoms with Gasteiger partial charge in [0, 0.05) is 12.6 Å². The van der Waals surface area contributed by atoms with Crippen LogP contribution in [0.1, 0.15) is 18.5 Å². The molecule has 0 fully saturated rings. The molecule has 0 radical (unpaired) electrons. The van der Waals surface area contributed by atoms with Crippen molar-refractivity contribution in [2.45, 2.75) is 19.1 Å². The molecule has 5 heteroatoms. The summed E-state index contributed by atoms with van der Waals surface area (Å²) in [4.78, 5) is 0. The Morgan fingerprint density at radius 1 is 0.958 bits per heavy atom. The summed E-state index contributed by atoms with van der Waals surface area (Å²) in [7, 11) is 3.14. The van der Waals surface area contributed by atoms with Crippen molar-refractivity contribution in [3.63, 3.8) is 0 Å². The summed E-state index contributed by atoms with van der Waals surface area (Å²) in [5.41, 5.74) is 1.18. The van der Waals surface area contributed by atoms with Crippen molar-refractivity contribution in [2.24, 2.45) is 0 Å². The van der Waals surface area contributed by atoms with Gasteiger partial charge in [-0.25, -0.2) is 0 Å². The van der Waals surface area contributed by atoms with Crippen molar-refractivity contribution >= 4 is 0 Å². The highest BCUT2D eigenvalue weighted by Gasteiger charge is 2.14. The van der Waals surface area contributed by atoms with E-state index in [9.17, 15) is 5.11 Å². The number of ether oxygens (including phenoxy) is 3. The summed E-state index contributed by atoms with van der Waals surface area (Å²) in [5, 5.41) is 13.5. The van der Waals surface area contributed by atoms with E-state index in [0.717, 1.165) is 0 Å². The predicted octanol–water partition coefficient (Wildman–Crippen LogP) is 2.79. The smallest absolute Gasteiger partial charge is 0.203 e. The first kappa shape index (κ1) is 18.1. The second-order valence-corrected chi connectivity index (χ2v) is 5.50. The molecule has 0 bridgehead atoms. The lowest BCUT2D eigenvalue weighted by molar-refractivity contribution is 0.100. The summed E-state index contributed by atoms with van der Waals surface area (Å²) in [5.74, 6) is 1.65. The molecule has 0 saturated heterocycles. The van der Waals surface area contributed by atoms with Crippen LogP contribution in [0.5, 0.6) is 17.2 Å². The molecule has 2 aromatic carbocycles. The van der Waals surface area contributed by atoms with E-state index in [1.54, 1.807) is 26.4 Å². The molecular weight excluding hydrogens is 306 g/mol. The molecule has 5 nitrogen and oxygen atoms in total. The molecule has 2 rings (SSSR count). The molecule has 0 heterocycles. The first-order chi connectivity index (χ1) is 11.7. The highest BCUT2D eigenvalue weighted by molar-refractivity contribution is 5.51. The fraction of sp³-hybridized carbons (Fsp3) is 0.368. The molecule has 0 amide bonds. The molecule has 0 spiro atoms. The molecule has 0 unspecified atom stereocenters. The van der Waals surface area contributed by atoms with Crippen LogP contribution >= 0.6 is 0 Å². The van der Waals surface area contributed by atoms with Crippen molar-refractivity contribution < 1.29 is 19.3 Å². The van der Waals surface area contributed by atoms with Gasteiger partial charge in [-0.2, -0.15) is 0 Å². The number of benzene rings is 2. The summed E-state index contributed by atoms with van der Waals surface area (Å²) in [6, 6.07) is 15.7. The minimum absolute atomic E-state index is 0.144. The molecule has 2 atom stereocenters. The molecule has 2 N–H and O–H groups in total. The maximum Gasteiger partial charge on any atom is 0.203 e. The van der Waals surface area contributed by atoms with Crippen LogP contribution in [0.3, 0.4) is 0 Å². The molecule has 24 heavy (non-hydrogen) atoms. The standard InChI is InChI=1S/C19H25NO4/c1-14(15-8-5-4-6-9-15)20-12-16(21)13-24-19-17(22-2)10-7-11-18(19)23-3/h4-11,14,16,20-21H,12-13H2,1-3H3/t14-,16-/m1/s1. The Bertz CT molecular complexity index is 596. The zero-order valence-electron chi connectivity index (χ0n) is 14.4. The van der Waals surface area contributed by atoms with E-state index >= 15 is 0 Å². The van der Waals surface area contributed by atoms with Gasteiger partial charge in [-0.1, -0.05) is 36.4 Å². The maximum absolute atomic E-state index is 10.2. The highest BCUT2D eigenvalue weighted by Crippen LogP contribution is 2.36. The topological polar surface area (TPSA) is 60.0 Å². The molecule has 0 aromatic heterocycles. The molecule has 2 aromatic rings. The van der Waals surface area contributed by atoms with Gasteiger partial charge in [0.05, 0.1) is 14.2 Å². The van der Waals surface area contributed by atoms with Crippen molar-refractivity contribution in [1.82, 2.24) is 5.32 Å². The number of para-hydroxylation sites is 1. The summed E-state index contributed by atoms with van der Waals surface area (Å²) < 4.78 is 16.3. The fourth-order valence-electron chi connectivity index (χ4n) is 2.37. The number of aliphatic hydroxyl groups excluding tert-OH is 1. The van der Waals surface area contributed by atoms with Gasteiger partial charge in [0.1, 0.15) is 12.7 Å². The van der Waals surface area contributed by atoms with Gasteiger partial charge in [0.25, 0.3) is 0 Å². The normalized spacial score (nSPS) is 13.2. The van der Waals surface area contributed by atoms with Gasteiger partial charge < -0.3 is 24.6 Å².